The second kappa shape index (κ2) is 2.16. The van der Waals surface area contributed by atoms with E-state index in [-0.39, 0.29) is 12.5 Å². The minimum absolute atomic E-state index is 0.207. The van der Waals surface area contributed by atoms with Crippen molar-refractivity contribution in [2.45, 2.75) is 30.8 Å². The van der Waals surface area contributed by atoms with Crippen LogP contribution >= 0.6 is 0 Å². The normalized spacial score (nSPS) is 43.3. The molecule has 0 aromatic carbocycles. The number of carbonyl (C=O) groups is 1. The maximum absolute atomic E-state index is 12.9. The van der Waals surface area contributed by atoms with Crippen molar-refractivity contribution < 1.29 is 18.7 Å². The summed E-state index contributed by atoms with van der Waals surface area (Å²) in [6.45, 7) is 0. The number of carboxylic acid groups (broad SMARTS) is 1. The molecule has 3 atom stereocenters. The third-order valence-electron chi connectivity index (χ3n) is 2.68. The molecule has 68 valence electrons. The Hall–Kier alpha value is -0.710. The van der Waals surface area contributed by atoms with E-state index in [2.05, 4.69) is 5.32 Å². The minimum Gasteiger partial charge on any atom is -0.480 e. The summed E-state index contributed by atoms with van der Waals surface area (Å²) < 4.78 is 25.9. The number of nitrogens with one attached hydrogen (secondary N) is 1. The topological polar surface area (TPSA) is 49.3 Å². The first-order valence-corrected chi connectivity index (χ1v) is 3.87. The van der Waals surface area contributed by atoms with Gasteiger partial charge in [0.15, 0.2) is 0 Å². The fourth-order valence-corrected chi connectivity index (χ4v) is 2.16. The number of rotatable bonds is 1. The molecule has 2 aliphatic rings. The number of piperidine rings is 1. The molecule has 2 N–H and O–H groups in total. The molecular formula is C7H9F2NO2. The summed E-state index contributed by atoms with van der Waals surface area (Å²) in [4.78, 5) is 10.5. The van der Waals surface area contributed by atoms with Crippen molar-refractivity contribution in [2.75, 3.05) is 0 Å². The molecule has 1 saturated carbocycles. The van der Waals surface area contributed by atoms with Gasteiger partial charge in [0.1, 0.15) is 6.04 Å². The van der Waals surface area contributed by atoms with Crippen LogP contribution in [0, 0.1) is 5.92 Å². The number of fused-ring (bicyclic) bond motifs is 2. The van der Waals surface area contributed by atoms with Gasteiger partial charge in [-0.05, 0) is 6.42 Å². The van der Waals surface area contributed by atoms with Gasteiger partial charge >= 0.3 is 5.97 Å². The Morgan fingerprint density at radius 3 is 2.58 bits per heavy atom. The standard InChI is InChI=1S/C7H9F2NO2/c8-7(9)2-3-1-4(7)5(10-3)6(11)12/h3-5,10H,1-2H2,(H,11,12)/t3-,4+,5+/m0/s1. The largest absolute Gasteiger partial charge is 0.480 e. The van der Waals surface area contributed by atoms with Crippen LogP contribution in [0.5, 0.6) is 0 Å². The Morgan fingerprint density at radius 2 is 2.25 bits per heavy atom. The molecule has 12 heavy (non-hydrogen) atoms. The number of aliphatic carboxylic acids is 1. The van der Waals surface area contributed by atoms with Crippen molar-refractivity contribution in [3.63, 3.8) is 0 Å². The average molecular weight is 177 g/mol. The third kappa shape index (κ3) is 0.924. The van der Waals surface area contributed by atoms with Gasteiger partial charge in [0, 0.05) is 12.5 Å². The molecule has 1 aliphatic heterocycles. The fourth-order valence-electron chi connectivity index (χ4n) is 2.16. The van der Waals surface area contributed by atoms with Crippen molar-refractivity contribution in [1.82, 2.24) is 5.32 Å². The molecule has 2 bridgehead atoms. The summed E-state index contributed by atoms with van der Waals surface area (Å²) in [6.07, 6.45) is 0.0887. The van der Waals surface area contributed by atoms with E-state index < -0.39 is 23.9 Å². The maximum Gasteiger partial charge on any atom is 0.321 e. The molecule has 0 aromatic heterocycles. The summed E-state index contributed by atoms with van der Waals surface area (Å²) in [6, 6.07) is -1.34. The quantitative estimate of drug-likeness (QED) is 0.611. The fraction of sp³-hybridized carbons (Fsp3) is 0.857. The van der Waals surface area contributed by atoms with E-state index in [1.807, 2.05) is 0 Å². The van der Waals surface area contributed by atoms with Gasteiger partial charge in [-0.3, -0.25) is 4.79 Å². The van der Waals surface area contributed by atoms with E-state index in [0.717, 1.165) is 0 Å². The van der Waals surface area contributed by atoms with Crippen LogP contribution in [-0.4, -0.2) is 29.1 Å². The second-order valence-electron chi connectivity index (χ2n) is 3.49. The molecule has 5 heteroatoms. The Kier molecular flexibility index (Phi) is 1.42. The van der Waals surface area contributed by atoms with Gasteiger partial charge < -0.3 is 10.4 Å². The van der Waals surface area contributed by atoms with Gasteiger partial charge in [-0.2, -0.15) is 0 Å². The van der Waals surface area contributed by atoms with Crippen molar-refractivity contribution in [1.29, 1.82) is 0 Å². The van der Waals surface area contributed by atoms with E-state index >= 15 is 0 Å². The van der Waals surface area contributed by atoms with Crippen LogP contribution < -0.4 is 5.32 Å². The average Bonchev–Trinajstić information content (AvgIpc) is 2.40. The molecule has 1 saturated heterocycles. The Morgan fingerprint density at radius 1 is 1.58 bits per heavy atom. The second-order valence-corrected chi connectivity index (χ2v) is 3.49. The first-order valence-electron chi connectivity index (χ1n) is 3.87. The first kappa shape index (κ1) is 7.91. The molecule has 1 aliphatic carbocycles. The number of carboxylic acids is 1. The highest BCUT2D eigenvalue weighted by atomic mass is 19.3. The van der Waals surface area contributed by atoms with Gasteiger partial charge in [0.2, 0.25) is 0 Å². The molecule has 0 aromatic rings. The summed E-state index contributed by atoms with van der Waals surface area (Å²) in [5.74, 6) is -4.94. The lowest BCUT2D eigenvalue weighted by molar-refractivity contribution is -0.147. The Balaban J connectivity index is 2.20. The SMILES string of the molecule is O=C(O)[C@@H]1N[C@H]2C[C@H]1C(F)(F)C2. The maximum atomic E-state index is 12.9. The predicted molar refractivity (Wildman–Crippen MR) is 36.0 cm³/mol. The number of alkyl halides is 2. The van der Waals surface area contributed by atoms with Crippen molar-refractivity contribution in [3.05, 3.63) is 0 Å². The van der Waals surface area contributed by atoms with E-state index in [4.69, 9.17) is 5.11 Å². The molecule has 2 fully saturated rings. The van der Waals surface area contributed by atoms with E-state index in [1.165, 1.54) is 0 Å². The van der Waals surface area contributed by atoms with Crippen LogP contribution in [0.4, 0.5) is 8.78 Å². The molecule has 0 unspecified atom stereocenters. The van der Waals surface area contributed by atoms with Gasteiger partial charge in [-0.15, -0.1) is 0 Å². The lowest BCUT2D eigenvalue weighted by Gasteiger charge is -2.27. The van der Waals surface area contributed by atoms with Crippen LogP contribution in [0.1, 0.15) is 12.8 Å². The predicted octanol–water partition coefficient (Wildman–Crippen LogP) is 0.457. The lowest BCUT2D eigenvalue weighted by Crippen LogP contribution is -2.49. The van der Waals surface area contributed by atoms with Crippen LogP contribution in [0.3, 0.4) is 0 Å². The van der Waals surface area contributed by atoms with Crippen molar-refractivity contribution >= 4 is 5.97 Å². The van der Waals surface area contributed by atoms with Gasteiger partial charge in [-0.1, -0.05) is 0 Å². The molecule has 3 nitrogen and oxygen atoms in total. The summed E-state index contributed by atoms with van der Waals surface area (Å²) in [7, 11) is 0. The monoisotopic (exact) mass is 177 g/mol. The number of hydrogen-bond acceptors (Lipinski definition) is 2. The lowest BCUT2D eigenvalue weighted by atomic mass is 9.96. The van der Waals surface area contributed by atoms with E-state index in [9.17, 15) is 13.6 Å². The zero-order chi connectivity index (χ0) is 8.93. The molecule has 0 amide bonds. The molecule has 0 radical (unpaired) electrons. The van der Waals surface area contributed by atoms with Crippen LogP contribution in [0.2, 0.25) is 0 Å². The Bertz CT molecular complexity index is 231. The van der Waals surface area contributed by atoms with Gasteiger partial charge in [0.05, 0.1) is 5.92 Å². The first-order chi connectivity index (χ1) is 5.50. The van der Waals surface area contributed by atoms with Gasteiger partial charge in [0.25, 0.3) is 5.92 Å². The highest BCUT2D eigenvalue weighted by molar-refractivity contribution is 5.75. The highest BCUT2D eigenvalue weighted by Gasteiger charge is 2.59. The summed E-state index contributed by atoms with van der Waals surface area (Å²) in [5, 5.41) is 11.2. The number of hydrogen-bond donors (Lipinski definition) is 2. The number of halogens is 2. The Labute approximate surface area is 67.8 Å². The minimum atomic E-state index is -2.78. The summed E-state index contributed by atoms with van der Waals surface area (Å²) >= 11 is 0. The zero-order valence-corrected chi connectivity index (χ0v) is 6.26. The molecule has 2 rings (SSSR count). The van der Waals surface area contributed by atoms with Gasteiger partial charge in [-0.25, -0.2) is 8.78 Å². The van der Waals surface area contributed by atoms with Crippen LogP contribution in [0.15, 0.2) is 0 Å². The highest BCUT2D eigenvalue weighted by Crippen LogP contribution is 2.46. The third-order valence-corrected chi connectivity index (χ3v) is 2.68. The molecule has 0 spiro atoms. The smallest absolute Gasteiger partial charge is 0.321 e. The van der Waals surface area contributed by atoms with Crippen molar-refractivity contribution in [3.8, 4) is 0 Å². The van der Waals surface area contributed by atoms with Crippen molar-refractivity contribution in [2.24, 2.45) is 5.92 Å². The zero-order valence-electron chi connectivity index (χ0n) is 6.26. The molecular weight excluding hydrogens is 168 g/mol. The van der Waals surface area contributed by atoms with Crippen LogP contribution in [0.25, 0.3) is 0 Å². The van der Waals surface area contributed by atoms with Crippen LogP contribution in [-0.2, 0) is 4.79 Å². The van der Waals surface area contributed by atoms with E-state index in [1.54, 1.807) is 0 Å². The summed E-state index contributed by atoms with van der Waals surface area (Å²) in [5.41, 5.74) is 0. The van der Waals surface area contributed by atoms with E-state index in [0.29, 0.717) is 6.42 Å². The molecule has 1 heterocycles.